The number of nitrogens with zero attached hydrogens (tertiary/aromatic N) is 1. The van der Waals surface area contributed by atoms with Crippen LogP contribution in [0.2, 0.25) is 0 Å². The molecule has 0 radical (unpaired) electrons. The molecule has 3 nitrogen and oxygen atoms in total. The molecule has 0 aliphatic carbocycles. The van der Waals surface area contributed by atoms with Gasteiger partial charge in [0.2, 0.25) is 0 Å². The van der Waals surface area contributed by atoms with E-state index >= 15 is 0 Å². The number of hydrogen-bond donors (Lipinski definition) is 1. The van der Waals surface area contributed by atoms with Crippen molar-refractivity contribution >= 4 is 17.5 Å². The van der Waals surface area contributed by atoms with Crippen molar-refractivity contribution in [3.05, 3.63) is 35.4 Å². The van der Waals surface area contributed by atoms with Gasteiger partial charge in [0.05, 0.1) is 0 Å². The predicted molar refractivity (Wildman–Crippen MR) is 85.6 cm³/mol. The number of piperidine rings is 1. The van der Waals surface area contributed by atoms with Gasteiger partial charge in [-0.3, -0.25) is 4.79 Å². The van der Waals surface area contributed by atoms with E-state index in [0.717, 1.165) is 29.8 Å². The summed E-state index contributed by atoms with van der Waals surface area (Å²) in [6.45, 7) is 0.803. The van der Waals surface area contributed by atoms with Gasteiger partial charge in [0, 0.05) is 30.1 Å². The van der Waals surface area contributed by atoms with Crippen LogP contribution < -0.4 is 5.32 Å². The predicted octanol–water partition coefficient (Wildman–Crippen LogP) is 3.03. The second kappa shape index (κ2) is 6.37. The van der Waals surface area contributed by atoms with Gasteiger partial charge in [-0.25, -0.2) is 0 Å². The molecular formula is C17H23ClN2O. The first-order valence-corrected chi connectivity index (χ1v) is 8.36. The Bertz CT molecular complexity index is 488. The molecule has 0 saturated carbocycles. The summed E-state index contributed by atoms with van der Waals surface area (Å²) < 4.78 is 0. The van der Waals surface area contributed by atoms with Crippen molar-refractivity contribution in [3.63, 3.8) is 0 Å². The van der Waals surface area contributed by atoms with Gasteiger partial charge in [-0.2, -0.15) is 0 Å². The lowest BCUT2D eigenvalue weighted by molar-refractivity contribution is 0.0917. The van der Waals surface area contributed by atoms with Crippen molar-refractivity contribution in [2.45, 2.75) is 43.6 Å². The standard InChI is InChI=1S/C17H23ClN2O/c1-20-15-6-7-16(20)9-13(8-15)11-19-17(21)14-4-2-12(10-18)3-5-14/h2-5,13,15-16H,6-11H2,1H3,(H,19,21). The molecule has 0 aromatic heterocycles. The van der Waals surface area contributed by atoms with Crippen LogP contribution in [0.1, 0.15) is 41.6 Å². The molecule has 2 fully saturated rings. The molecule has 2 bridgehead atoms. The second-order valence-corrected chi connectivity index (χ2v) is 6.70. The summed E-state index contributed by atoms with van der Waals surface area (Å²) in [5.41, 5.74) is 1.76. The highest BCUT2D eigenvalue weighted by Crippen LogP contribution is 2.36. The van der Waals surface area contributed by atoms with Gasteiger partial charge in [0.25, 0.3) is 5.91 Å². The number of alkyl halides is 1. The molecule has 1 N–H and O–H groups in total. The van der Waals surface area contributed by atoms with Crippen LogP contribution in [0.3, 0.4) is 0 Å². The first-order chi connectivity index (χ1) is 10.2. The van der Waals surface area contributed by atoms with Crippen molar-refractivity contribution in [1.82, 2.24) is 10.2 Å². The Morgan fingerprint density at radius 2 is 1.86 bits per heavy atom. The van der Waals surface area contributed by atoms with Crippen molar-refractivity contribution < 1.29 is 4.79 Å². The topological polar surface area (TPSA) is 32.3 Å². The van der Waals surface area contributed by atoms with Crippen molar-refractivity contribution in [3.8, 4) is 0 Å². The van der Waals surface area contributed by atoms with Crippen molar-refractivity contribution in [2.75, 3.05) is 13.6 Å². The maximum absolute atomic E-state index is 12.2. The summed E-state index contributed by atoms with van der Waals surface area (Å²) in [5, 5.41) is 3.10. The molecular weight excluding hydrogens is 284 g/mol. The minimum absolute atomic E-state index is 0.0300. The van der Waals surface area contributed by atoms with E-state index in [0.29, 0.717) is 11.8 Å². The van der Waals surface area contributed by atoms with E-state index < -0.39 is 0 Å². The fourth-order valence-corrected chi connectivity index (χ4v) is 3.95. The third-order valence-corrected chi connectivity index (χ3v) is 5.43. The number of rotatable bonds is 4. The molecule has 3 rings (SSSR count). The Labute approximate surface area is 131 Å². The SMILES string of the molecule is CN1C2CCC1CC(CNC(=O)c1ccc(CCl)cc1)C2. The number of hydrogen-bond acceptors (Lipinski definition) is 2. The summed E-state index contributed by atoms with van der Waals surface area (Å²) in [5.74, 6) is 1.15. The Morgan fingerprint density at radius 3 is 2.43 bits per heavy atom. The van der Waals surface area contributed by atoms with Gasteiger partial charge in [-0.1, -0.05) is 12.1 Å². The number of benzene rings is 1. The molecule has 0 spiro atoms. The quantitative estimate of drug-likeness (QED) is 0.867. The van der Waals surface area contributed by atoms with Crippen LogP contribution in [0.25, 0.3) is 0 Å². The van der Waals surface area contributed by atoms with E-state index in [1.807, 2.05) is 24.3 Å². The van der Waals surface area contributed by atoms with Crippen LogP contribution >= 0.6 is 11.6 Å². The zero-order chi connectivity index (χ0) is 14.8. The number of amides is 1. The average molecular weight is 307 g/mol. The van der Waals surface area contributed by atoms with Crippen LogP contribution in [0.15, 0.2) is 24.3 Å². The molecule has 21 heavy (non-hydrogen) atoms. The minimum atomic E-state index is 0.0300. The molecule has 1 amide bonds. The highest BCUT2D eigenvalue weighted by Gasteiger charge is 2.38. The lowest BCUT2D eigenvalue weighted by Gasteiger charge is -2.36. The maximum Gasteiger partial charge on any atom is 0.251 e. The normalized spacial score (nSPS) is 28.6. The number of carbonyl (C=O) groups is 1. The van der Waals surface area contributed by atoms with Crippen molar-refractivity contribution in [1.29, 1.82) is 0 Å². The lowest BCUT2D eigenvalue weighted by atomic mass is 9.91. The molecule has 2 atom stereocenters. The number of carbonyl (C=O) groups excluding carboxylic acids is 1. The highest BCUT2D eigenvalue weighted by atomic mass is 35.5. The average Bonchev–Trinajstić information content (AvgIpc) is 2.75. The number of halogens is 1. The molecule has 2 aliphatic heterocycles. The maximum atomic E-state index is 12.2. The number of fused-ring (bicyclic) bond motifs is 2. The van der Waals surface area contributed by atoms with E-state index in [1.165, 1.54) is 25.7 Å². The van der Waals surface area contributed by atoms with E-state index in [2.05, 4.69) is 17.3 Å². The molecule has 4 heteroatoms. The summed E-state index contributed by atoms with van der Waals surface area (Å²) >= 11 is 5.76. The Hall–Kier alpha value is -1.06. The summed E-state index contributed by atoms with van der Waals surface area (Å²) in [6, 6.07) is 8.99. The third kappa shape index (κ3) is 3.24. The lowest BCUT2D eigenvalue weighted by Crippen LogP contribution is -2.43. The van der Waals surface area contributed by atoms with E-state index in [4.69, 9.17) is 11.6 Å². The zero-order valence-corrected chi connectivity index (χ0v) is 13.3. The summed E-state index contributed by atoms with van der Waals surface area (Å²) in [7, 11) is 2.25. The van der Waals surface area contributed by atoms with Gasteiger partial charge < -0.3 is 10.2 Å². The molecule has 1 aromatic carbocycles. The Kier molecular flexibility index (Phi) is 4.51. The van der Waals surface area contributed by atoms with E-state index in [9.17, 15) is 4.79 Å². The van der Waals surface area contributed by atoms with E-state index in [1.54, 1.807) is 0 Å². The smallest absolute Gasteiger partial charge is 0.251 e. The molecule has 2 unspecified atom stereocenters. The van der Waals surface area contributed by atoms with Crippen LogP contribution in [0.5, 0.6) is 0 Å². The summed E-state index contributed by atoms with van der Waals surface area (Å²) in [6.07, 6.45) is 5.09. The van der Waals surface area contributed by atoms with Gasteiger partial charge in [0.1, 0.15) is 0 Å². The van der Waals surface area contributed by atoms with Crippen LogP contribution in [0, 0.1) is 5.92 Å². The molecule has 2 heterocycles. The molecule has 2 saturated heterocycles. The second-order valence-electron chi connectivity index (χ2n) is 6.43. The largest absolute Gasteiger partial charge is 0.352 e. The molecule has 114 valence electrons. The first kappa shape index (κ1) is 14.9. The van der Waals surface area contributed by atoms with Gasteiger partial charge in [0.15, 0.2) is 0 Å². The summed E-state index contributed by atoms with van der Waals surface area (Å²) in [4.78, 5) is 14.7. The first-order valence-electron chi connectivity index (χ1n) is 7.82. The van der Waals surface area contributed by atoms with Gasteiger partial charge in [-0.05, 0) is 56.3 Å². The number of nitrogens with one attached hydrogen (secondary N) is 1. The van der Waals surface area contributed by atoms with Gasteiger partial charge in [-0.15, -0.1) is 11.6 Å². The fourth-order valence-electron chi connectivity index (χ4n) is 3.78. The van der Waals surface area contributed by atoms with Crippen molar-refractivity contribution in [2.24, 2.45) is 5.92 Å². The highest BCUT2D eigenvalue weighted by molar-refractivity contribution is 6.17. The van der Waals surface area contributed by atoms with Crippen LogP contribution in [-0.2, 0) is 5.88 Å². The monoisotopic (exact) mass is 306 g/mol. The molecule has 2 aliphatic rings. The Morgan fingerprint density at radius 1 is 1.24 bits per heavy atom. The minimum Gasteiger partial charge on any atom is -0.352 e. The molecule has 1 aromatic rings. The zero-order valence-electron chi connectivity index (χ0n) is 12.5. The van der Waals surface area contributed by atoms with E-state index in [-0.39, 0.29) is 5.91 Å². The van der Waals surface area contributed by atoms with Crippen LogP contribution in [0.4, 0.5) is 0 Å². The third-order valence-electron chi connectivity index (χ3n) is 5.12. The fraction of sp³-hybridized carbons (Fsp3) is 0.588. The Balaban J connectivity index is 1.52. The van der Waals surface area contributed by atoms with Gasteiger partial charge >= 0.3 is 0 Å². The van der Waals surface area contributed by atoms with Crippen LogP contribution in [-0.4, -0.2) is 36.5 Å².